The first-order chi connectivity index (χ1) is 32.2. The standard InChI is InChI=1S/C61H40N4/c1-3-17-43(18-4-1)57-39-58(44-19-5-2-6-20-44)65-61(64-57)45-30-28-42(29-31-45)50-23-11-12-24-51(50)54-37-53-52-25-13-14-26-56(52)63-60(48-32-27-40-15-7-9-21-46(40)35-48)55(53)38-59(54)62-49-34-33-41-16-8-10-22-47(41)36-49/h1-39,62H. The highest BCUT2D eigenvalue weighted by Crippen LogP contribution is 2.44. The zero-order valence-electron chi connectivity index (χ0n) is 35.4. The van der Waals surface area contributed by atoms with E-state index in [1.165, 1.54) is 21.5 Å². The number of benzene rings is 10. The maximum absolute atomic E-state index is 5.38. The van der Waals surface area contributed by atoms with Crippen LogP contribution >= 0.6 is 0 Å². The van der Waals surface area contributed by atoms with Gasteiger partial charge in [0.25, 0.3) is 0 Å². The van der Waals surface area contributed by atoms with E-state index in [0.717, 1.165) is 94.6 Å². The molecule has 4 heteroatoms. The second kappa shape index (κ2) is 16.2. The average molecular weight is 829 g/mol. The third-order valence-corrected chi connectivity index (χ3v) is 12.4. The van der Waals surface area contributed by atoms with Crippen LogP contribution in [0.15, 0.2) is 237 Å². The Morgan fingerprint density at radius 2 is 0.846 bits per heavy atom. The zero-order chi connectivity index (χ0) is 43.1. The van der Waals surface area contributed by atoms with Gasteiger partial charge in [-0.2, -0.15) is 0 Å². The third kappa shape index (κ3) is 7.23. The first-order valence-corrected chi connectivity index (χ1v) is 22.0. The number of hydrogen-bond donors (Lipinski definition) is 1. The van der Waals surface area contributed by atoms with Crippen molar-refractivity contribution in [3.8, 4) is 67.4 Å². The monoisotopic (exact) mass is 828 g/mol. The van der Waals surface area contributed by atoms with Crippen LogP contribution in [0.2, 0.25) is 0 Å². The summed E-state index contributed by atoms with van der Waals surface area (Å²) in [5.74, 6) is 0.684. The second-order valence-electron chi connectivity index (χ2n) is 16.5. The number of hydrogen-bond acceptors (Lipinski definition) is 4. The van der Waals surface area contributed by atoms with Crippen LogP contribution in [0.4, 0.5) is 11.4 Å². The Bertz CT molecular complexity index is 3670. The lowest BCUT2D eigenvalue weighted by molar-refractivity contribution is 1.18. The molecule has 4 nitrogen and oxygen atoms in total. The first kappa shape index (κ1) is 38.0. The van der Waals surface area contributed by atoms with Crippen LogP contribution in [0.1, 0.15) is 0 Å². The molecule has 0 atom stereocenters. The summed E-state index contributed by atoms with van der Waals surface area (Å²) < 4.78 is 0. The molecule has 2 aromatic heterocycles. The van der Waals surface area contributed by atoms with Crippen molar-refractivity contribution in [3.05, 3.63) is 237 Å². The van der Waals surface area contributed by atoms with Crippen LogP contribution in [0.25, 0.3) is 111 Å². The number of anilines is 2. The molecule has 0 radical (unpaired) electrons. The molecule has 304 valence electrons. The number of pyridine rings is 1. The molecule has 1 N–H and O–H groups in total. The second-order valence-corrected chi connectivity index (χ2v) is 16.5. The van der Waals surface area contributed by atoms with Gasteiger partial charge in [-0.1, -0.05) is 194 Å². The largest absolute Gasteiger partial charge is 0.355 e. The van der Waals surface area contributed by atoms with Crippen molar-refractivity contribution in [2.45, 2.75) is 0 Å². The van der Waals surface area contributed by atoms with Gasteiger partial charge >= 0.3 is 0 Å². The fraction of sp³-hybridized carbons (Fsp3) is 0. The lowest BCUT2D eigenvalue weighted by atomic mass is 9.89. The van der Waals surface area contributed by atoms with Crippen LogP contribution < -0.4 is 5.32 Å². The molecular weight excluding hydrogens is 789 g/mol. The molecule has 0 aliphatic carbocycles. The summed E-state index contributed by atoms with van der Waals surface area (Å²) in [5, 5.41) is 12.0. The highest BCUT2D eigenvalue weighted by molar-refractivity contribution is 6.15. The van der Waals surface area contributed by atoms with Gasteiger partial charge < -0.3 is 5.32 Å². The fourth-order valence-corrected chi connectivity index (χ4v) is 9.16. The summed E-state index contributed by atoms with van der Waals surface area (Å²) in [6.45, 7) is 0. The van der Waals surface area contributed by atoms with Crippen LogP contribution in [0.5, 0.6) is 0 Å². The Labute approximate surface area is 377 Å². The van der Waals surface area contributed by atoms with Crippen molar-refractivity contribution in [1.82, 2.24) is 15.0 Å². The number of nitrogens with zero attached hydrogens (tertiary/aromatic N) is 3. The molecule has 0 aliphatic rings. The van der Waals surface area contributed by atoms with E-state index in [2.05, 4.69) is 206 Å². The lowest BCUT2D eigenvalue weighted by Gasteiger charge is -2.20. The van der Waals surface area contributed by atoms with E-state index in [9.17, 15) is 0 Å². The molecule has 12 aromatic rings. The molecular formula is C61H40N4. The minimum absolute atomic E-state index is 0.684. The van der Waals surface area contributed by atoms with Gasteiger partial charge in [-0.3, -0.25) is 0 Å². The summed E-state index contributed by atoms with van der Waals surface area (Å²) in [6.07, 6.45) is 0. The molecule has 0 fully saturated rings. The molecule has 0 aliphatic heterocycles. The van der Waals surface area contributed by atoms with Crippen molar-refractivity contribution in [1.29, 1.82) is 0 Å². The molecule has 2 heterocycles. The highest BCUT2D eigenvalue weighted by atomic mass is 14.9. The Morgan fingerprint density at radius 1 is 0.292 bits per heavy atom. The van der Waals surface area contributed by atoms with E-state index in [0.29, 0.717) is 5.82 Å². The maximum atomic E-state index is 5.38. The van der Waals surface area contributed by atoms with Gasteiger partial charge in [-0.25, -0.2) is 15.0 Å². The van der Waals surface area contributed by atoms with E-state index >= 15 is 0 Å². The summed E-state index contributed by atoms with van der Waals surface area (Å²) in [4.78, 5) is 15.6. The molecule has 0 bridgehead atoms. The van der Waals surface area contributed by atoms with E-state index < -0.39 is 0 Å². The third-order valence-electron chi connectivity index (χ3n) is 12.4. The Morgan fingerprint density at radius 3 is 1.55 bits per heavy atom. The molecule has 0 unspecified atom stereocenters. The molecule has 0 amide bonds. The molecule has 0 saturated carbocycles. The Balaban J connectivity index is 1.03. The number of aromatic nitrogens is 3. The maximum Gasteiger partial charge on any atom is 0.160 e. The van der Waals surface area contributed by atoms with Gasteiger partial charge in [0.1, 0.15) is 0 Å². The minimum atomic E-state index is 0.684. The predicted octanol–water partition coefficient (Wildman–Crippen LogP) is 16.2. The highest BCUT2D eigenvalue weighted by Gasteiger charge is 2.19. The van der Waals surface area contributed by atoms with Gasteiger partial charge in [0, 0.05) is 50.0 Å². The number of nitrogens with one attached hydrogen (secondary N) is 1. The van der Waals surface area contributed by atoms with Gasteiger partial charge in [-0.15, -0.1) is 0 Å². The van der Waals surface area contributed by atoms with Gasteiger partial charge in [-0.05, 0) is 86.1 Å². The van der Waals surface area contributed by atoms with Crippen LogP contribution in [-0.4, -0.2) is 15.0 Å². The number of fused-ring (bicyclic) bond motifs is 5. The van der Waals surface area contributed by atoms with Crippen LogP contribution in [-0.2, 0) is 0 Å². The topological polar surface area (TPSA) is 50.7 Å². The fourth-order valence-electron chi connectivity index (χ4n) is 9.16. The van der Waals surface area contributed by atoms with Crippen molar-refractivity contribution < 1.29 is 0 Å². The van der Waals surface area contributed by atoms with E-state index in [1.807, 2.05) is 36.4 Å². The van der Waals surface area contributed by atoms with E-state index in [1.54, 1.807) is 0 Å². The molecule has 12 rings (SSSR count). The number of rotatable bonds is 8. The lowest BCUT2D eigenvalue weighted by Crippen LogP contribution is -1.98. The van der Waals surface area contributed by atoms with Crippen molar-refractivity contribution in [2.24, 2.45) is 0 Å². The van der Waals surface area contributed by atoms with Crippen molar-refractivity contribution >= 4 is 54.6 Å². The number of para-hydroxylation sites is 1. The molecule has 0 saturated heterocycles. The Hall–Kier alpha value is -8.73. The van der Waals surface area contributed by atoms with E-state index in [-0.39, 0.29) is 0 Å². The minimum Gasteiger partial charge on any atom is -0.355 e. The molecule has 65 heavy (non-hydrogen) atoms. The van der Waals surface area contributed by atoms with Crippen LogP contribution in [0.3, 0.4) is 0 Å². The average Bonchev–Trinajstić information content (AvgIpc) is 3.38. The summed E-state index contributed by atoms with van der Waals surface area (Å²) >= 11 is 0. The SMILES string of the molecule is c1ccc(-c2cc(-c3ccccc3)nc(-c3ccc(-c4ccccc4-c4cc5c(cc4Nc4ccc6ccccc6c4)c(-c4ccc6ccccc6c4)nc4ccccc45)cc3)n2)cc1. The summed E-state index contributed by atoms with van der Waals surface area (Å²) in [5.41, 5.74) is 14.3. The van der Waals surface area contributed by atoms with Crippen molar-refractivity contribution in [3.63, 3.8) is 0 Å². The van der Waals surface area contributed by atoms with Gasteiger partial charge in [0.15, 0.2) is 5.82 Å². The summed E-state index contributed by atoms with van der Waals surface area (Å²) in [6, 6.07) is 83.6. The first-order valence-electron chi connectivity index (χ1n) is 22.0. The van der Waals surface area contributed by atoms with Gasteiger partial charge in [0.05, 0.1) is 22.6 Å². The van der Waals surface area contributed by atoms with Crippen LogP contribution in [0, 0.1) is 0 Å². The molecule has 10 aromatic carbocycles. The van der Waals surface area contributed by atoms with E-state index in [4.69, 9.17) is 15.0 Å². The molecule has 0 spiro atoms. The predicted molar refractivity (Wildman–Crippen MR) is 272 cm³/mol. The normalized spacial score (nSPS) is 11.4. The zero-order valence-corrected chi connectivity index (χ0v) is 35.4. The van der Waals surface area contributed by atoms with Gasteiger partial charge in [0.2, 0.25) is 0 Å². The smallest absolute Gasteiger partial charge is 0.160 e. The Kier molecular flexibility index (Phi) is 9.46. The van der Waals surface area contributed by atoms with Crippen molar-refractivity contribution in [2.75, 3.05) is 5.32 Å². The summed E-state index contributed by atoms with van der Waals surface area (Å²) in [7, 11) is 0. The quantitative estimate of drug-likeness (QED) is 0.155.